The molecule has 1 aromatic rings. The van der Waals surface area contributed by atoms with E-state index >= 15 is 0 Å². The van der Waals surface area contributed by atoms with Gasteiger partial charge in [-0.25, -0.2) is 0 Å². The lowest BCUT2D eigenvalue weighted by Gasteiger charge is -2.17. The summed E-state index contributed by atoms with van der Waals surface area (Å²) >= 11 is 0. The molecule has 19 heavy (non-hydrogen) atoms. The van der Waals surface area contributed by atoms with Crippen molar-refractivity contribution in [2.75, 3.05) is 18.9 Å². The number of rotatable bonds is 4. The zero-order valence-corrected chi connectivity index (χ0v) is 11.5. The van der Waals surface area contributed by atoms with E-state index in [0.29, 0.717) is 23.7 Å². The molecule has 0 bridgehead atoms. The number of carbonyl (C=O) groups excluding carboxylic acids is 1. The fourth-order valence-corrected chi connectivity index (χ4v) is 2.47. The van der Waals surface area contributed by atoms with Gasteiger partial charge in [0.25, 0.3) is 5.91 Å². The standard InChI is InChI=1S/C14H21N3O2/c1-3-13-10(4-5-19-13)7-17-14(18)11-8-16-9(2)6-12(11)15/h6,8,10,13H,3-5,7H2,1-2H3,(H2,15,16)(H,17,18). The molecule has 0 radical (unpaired) electrons. The Labute approximate surface area is 113 Å². The summed E-state index contributed by atoms with van der Waals surface area (Å²) in [6.45, 7) is 5.37. The Morgan fingerprint density at radius 3 is 3.11 bits per heavy atom. The van der Waals surface area contributed by atoms with Gasteiger partial charge >= 0.3 is 0 Å². The van der Waals surface area contributed by atoms with Gasteiger partial charge < -0.3 is 15.8 Å². The van der Waals surface area contributed by atoms with Gasteiger partial charge in [-0.3, -0.25) is 9.78 Å². The van der Waals surface area contributed by atoms with E-state index < -0.39 is 0 Å². The molecule has 0 saturated carbocycles. The van der Waals surface area contributed by atoms with E-state index in [2.05, 4.69) is 17.2 Å². The Kier molecular flexibility index (Phi) is 4.37. The first-order chi connectivity index (χ1) is 9.11. The monoisotopic (exact) mass is 263 g/mol. The third-order valence-electron chi connectivity index (χ3n) is 3.59. The molecular formula is C14H21N3O2. The van der Waals surface area contributed by atoms with Crippen LogP contribution in [0.25, 0.3) is 0 Å². The summed E-state index contributed by atoms with van der Waals surface area (Å²) in [7, 11) is 0. The number of nitrogen functional groups attached to an aromatic ring is 1. The number of nitrogens with two attached hydrogens (primary N) is 1. The lowest BCUT2D eigenvalue weighted by molar-refractivity contribution is 0.0827. The molecule has 2 unspecified atom stereocenters. The summed E-state index contributed by atoms with van der Waals surface area (Å²) in [5.41, 5.74) is 7.56. The van der Waals surface area contributed by atoms with Crippen LogP contribution in [-0.2, 0) is 4.74 Å². The van der Waals surface area contributed by atoms with Gasteiger partial charge in [0.1, 0.15) is 0 Å². The average Bonchev–Trinajstić information content (AvgIpc) is 2.83. The summed E-state index contributed by atoms with van der Waals surface area (Å²) in [6.07, 6.45) is 3.77. The van der Waals surface area contributed by atoms with E-state index in [-0.39, 0.29) is 12.0 Å². The van der Waals surface area contributed by atoms with E-state index in [1.165, 1.54) is 6.20 Å². The minimum Gasteiger partial charge on any atom is -0.398 e. The maximum Gasteiger partial charge on any atom is 0.254 e. The number of anilines is 1. The van der Waals surface area contributed by atoms with Crippen molar-refractivity contribution in [2.45, 2.75) is 32.8 Å². The summed E-state index contributed by atoms with van der Waals surface area (Å²) in [6, 6.07) is 1.71. The van der Waals surface area contributed by atoms with Crippen LogP contribution in [0.1, 0.15) is 35.8 Å². The van der Waals surface area contributed by atoms with Crippen molar-refractivity contribution >= 4 is 11.6 Å². The van der Waals surface area contributed by atoms with Gasteiger partial charge in [0.05, 0.1) is 11.7 Å². The highest BCUT2D eigenvalue weighted by Crippen LogP contribution is 2.22. The average molecular weight is 263 g/mol. The molecule has 1 amide bonds. The highest BCUT2D eigenvalue weighted by Gasteiger charge is 2.27. The number of carbonyl (C=O) groups is 1. The van der Waals surface area contributed by atoms with Gasteiger partial charge in [-0.1, -0.05) is 6.92 Å². The second-order valence-corrected chi connectivity index (χ2v) is 4.99. The third-order valence-corrected chi connectivity index (χ3v) is 3.59. The summed E-state index contributed by atoms with van der Waals surface area (Å²) in [4.78, 5) is 16.2. The number of hydrogen-bond donors (Lipinski definition) is 2. The highest BCUT2D eigenvalue weighted by atomic mass is 16.5. The largest absolute Gasteiger partial charge is 0.398 e. The van der Waals surface area contributed by atoms with Crippen molar-refractivity contribution in [1.82, 2.24) is 10.3 Å². The Morgan fingerprint density at radius 1 is 1.63 bits per heavy atom. The topological polar surface area (TPSA) is 77.2 Å². The number of pyridine rings is 1. The molecule has 1 aliphatic heterocycles. The molecule has 2 rings (SSSR count). The first-order valence-corrected chi connectivity index (χ1v) is 6.73. The predicted molar refractivity (Wildman–Crippen MR) is 73.9 cm³/mol. The zero-order valence-electron chi connectivity index (χ0n) is 11.5. The van der Waals surface area contributed by atoms with Gasteiger partial charge in [0.2, 0.25) is 0 Å². The van der Waals surface area contributed by atoms with Crippen LogP contribution in [-0.4, -0.2) is 30.1 Å². The quantitative estimate of drug-likeness (QED) is 0.863. The Bertz CT molecular complexity index is 462. The first kappa shape index (κ1) is 13.8. The van der Waals surface area contributed by atoms with E-state index in [0.717, 1.165) is 25.1 Å². The first-order valence-electron chi connectivity index (χ1n) is 6.73. The number of ether oxygens (including phenoxy) is 1. The van der Waals surface area contributed by atoms with E-state index in [4.69, 9.17) is 10.5 Å². The maximum atomic E-state index is 12.1. The number of nitrogens with one attached hydrogen (secondary N) is 1. The van der Waals surface area contributed by atoms with Crippen LogP contribution in [0, 0.1) is 12.8 Å². The van der Waals surface area contributed by atoms with Crippen LogP contribution in [0.5, 0.6) is 0 Å². The molecule has 0 aromatic carbocycles. The molecule has 1 fully saturated rings. The minimum atomic E-state index is -0.160. The van der Waals surface area contributed by atoms with Crippen LogP contribution < -0.4 is 11.1 Å². The molecule has 0 aliphatic carbocycles. The molecule has 3 N–H and O–H groups in total. The molecule has 2 heterocycles. The van der Waals surface area contributed by atoms with E-state index in [9.17, 15) is 4.79 Å². The molecule has 1 aromatic heterocycles. The lowest BCUT2D eigenvalue weighted by Crippen LogP contribution is -2.33. The van der Waals surface area contributed by atoms with Gasteiger partial charge in [-0.2, -0.15) is 0 Å². The number of hydrogen-bond acceptors (Lipinski definition) is 4. The Balaban J connectivity index is 1.94. The van der Waals surface area contributed by atoms with E-state index in [1.807, 2.05) is 6.92 Å². The minimum absolute atomic E-state index is 0.160. The second-order valence-electron chi connectivity index (χ2n) is 4.99. The van der Waals surface area contributed by atoms with Crippen LogP contribution in [0.15, 0.2) is 12.3 Å². The number of nitrogens with zero attached hydrogens (tertiary/aromatic N) is 1. The van der Waals surface area contributed by atoms with Crippen molar-refractivity contribution in [3.05, 3.63) is 23.5 Å². The van der Waals surface area contributed by atoms with Crippen molar-refractivity contribution in [3.63, 3.8) is 0 Å². The van der Waals surface area contributed by atoms with Crippen LogP contribution in [0.2, 0.25) is 0 Å². The Hall–Kier alpha value is -1.62. The van der Waals surface area contributed by atoms with Crippen LogP contribution >= 0.6 is 0 Å². The molecule has 1 aliphatic rings. The van der Waals surface area contributed by atoms with Crippen LogP contribution in [0.3, 0.4) is 0 Å². The summed E-state index contributed by atoms with van der Waals surface area (Å²) in [5, 5.41) is 2.93. The number of aromatic nitrogens is 1. The van der Waals surface area contributed by atoms with Crippen molar-refractivity contribution in [3.8, 4) is 0 Å². The smallest absolute Gasteiger partial charge is 0.254 e. The number of aryl methyl sites for hydroxylation is 1. The SMILES string of the molecule is CCC1OCCC1CNC(=O)c1cnc(C)cc1N. The molecule has 5 heteroatoms. The zero-order chi connectivity index (χ0) is 13.8. The van der Waals surface area contributed by atoms with E-state index in [1.54, 1.807) is 6.07 Å². The fourth-order valence-electron chi connectivity index (χ4n) is 2.47. The van der Waals surface area contributed by atoms with Gasteiger partial charge in [-0.15, -0.1) is 0 Å². The third kappa shape index (κ3) is 3.23. The number of amides is 1. The molecule has 0 spiro atoms. The Morgan fingerprint density at radius 2 is 2.42 bits per heavy atom. The van der Waals surface area contributed by atoms with Crippen molar-refractivity contribution in [1.29, 1.82) is 0 Å². The van der Waals surface area contributed by atoms with Crippen molar-refractivity contribution < 1.29 is 9.53 Å². The molecule has 2 atom stereocenters. The van der Waals surface area contributed by atoms with Crippen molar-refractivity contribution in [2.24, 2.45) is 5.92 Å². The molecule has 104 valence electrons. The predicted octanol–water partition coefficient (Wildman–Crippen LogP) is 1.52. The highest BCUT2D eigenvalue weighted by molar-refractivity contribution is 5.98. The second kappa shape index (κ2) is 6.02. The van der Waals surface area contributed by atoms with Crippen LogP contribution in [0.4, 0.5) is 5.69 Å². The summed E-state index contributed by atoms with van der Waals surface area (Å²) in [5.74, 6) is 0.236. The lowest BCUT2D eigenvalue weighted by atomic mass is 9.99. The normalized spacial score (nSPS) is 22.4. The molecule has 5 nitrogen and oxygen atoms in total. The fraction of sp³-hybridized carbons (Fsp3) is 0.571. The van der Waals surface area contributed by atoms with Gasteiger partial charge in [0.15, 0.2) is 0 Å². The molecular weight excluding hydrogens is 242 g/mol. The summed E-state index contributed by atoms with van der Waals surface area (Å²) < 4.78 is 5.60. The molecule has 1 saturated heterocycles. The maximum absolute atomic E-state index is 12.1. The van der Waals surface area contributed by atoms with Gasteiger partial charge in [0, 0.05) is 36.6 Å². The van der Waals surface area contributed by atoms with Gasteiger partial charge in [-0.05, 0) is 25.8 Å².